The number of amides is 1. The van der Waals surface area contributed by atoms with Crippen LogP contribution in [-0.2, 0) is 17.6 Å². The van der Waals surface area contributed by atoms with Gasteiger partial charge in [-0.05, 0) is 23.1 Å². The number of hydrogen-bond donors (Lipinski definition) is 2. The van der Waals surface area contributed by atoms with Gasteiger partial charge in [-0.15, -0.1) is 0 Å². The van der Waals surface area contributed by atoms with E-state index in [9.17, 15) is 9.90 Å². The van der Waals surface area contributed by atoms with E-state index in [4.69, 9.17) is 4.74 Å². The Morgan fingerprint density at radius 2 is 2.30 bits per heavy atom. The Balaban J connectivity index is 1.94. The number of hydrogen-bond acceptors (Lipinski definition) is 3. The number of aliphatic hydroxyl groups is 1. The zero-order valence-electron chi connectivity index (χ0n) is 12.2. The molecule has 0 spiro atoms. The number of carbonyl (C=O) groups excluding carboxylic acids is 1. The van der Waals surface area contributed by atoms with Crippen LogP contribution >= 0.6 is 0 Å². The molecule has 1 aliphatic heterocycles. The van der Waals surface area contributed by atoms with E-state index in [1.54, 1.807) is 0 Å². The van der Waals surface area contributed by atoms with Gasteiger partial charge in [-0.1, -0.05) is 32.4 Å². The van der Waals surface area contributed by atoms with Crippen LogP contribution in [0.5, 0.6) is 5.75 Å². The highest BCUT2D eigenvalue weighted by Crippen LogP contribution is 2.26. The number of nitrogens with one attached hydrogen (secondary N) is 1. The fourth-order valence-electron chi connectivity index (χ4n) is 2.45. The second-order valence-corrected chi connectivity index (χ2v) is 5.46. The first kappa shape index (κ1) is 14.9. The lowest BCUT2D eigenvalue weighted by Gasteiger charge is -2.22. The van der Waals surface area contributed by atoms with Crippen LogP contribution in [0.2, 0.25) is 0 Å². The molecule has 0 radical (unpaired) electrons. The zero-order valence-corrected chi connectivity index (χ0v) is 12.2. The van der Waals surface area contributed by atoms with Crippen molar-refractivity contribution in [2.45, 2.75) is 39.2 Å². The third-order valence-electron chi connectivity index (χ3n) is 3.99. The quantitative estimate of drug-likeness (QED) is 0.832. The maximum Gasteiger partial charge on any atom is 0.224 e. The molecular weight excluding hydrogens is 254 g/mol. The van der Waals surface area contributed by atoms with Gasteiger partial charge >= 0.3 is 0 Å². The zero-order chi connectivity index (χ0) is 14.5. The molecule has 1 aromatic rings. The monoisotopic (exact) mass is 277 g/mol. The smallest absolute Gasteiger partial charge is 0.224 e. The van der Waals surface area contributed by atoms with Crippen molar-refractivity contribution < 1.29 is 14.6 Å². The molecule has 0 fully saturated rings. The van der Waals surface area contributed by atoms with Crippen LogP contribution in [0.1, 0.15) is 31.4 Å². The molecule has 1 aromatic carbocycles. The van der Waals surface area contributed by atoms with E-state index in [1.807, 2.05) is 25.1 Å². The third-order valence-corrected chi connectivity index (χ3v) is 3.99. The van der Waals surface area contributed by atoms with E-state index in [-0.39, 0.29) is 24.5 Å². The molecule has 4 heteroatoms. The minimum Gasteiger partial charge on any atom is -0.493 e. The minimum atomic E-state index is -0.162. The molecule has 0 aromatic heterocycles. The Morgan fingerprint density at radius 3 is 3.00 bits per heavy atom. The van der Waals surface area contributed by atoms with E-state index < -0.39 is 0 Å². The van der Waals surface area contributed by atoms with E-state index in [2.05, 4.69) is 12.2 Å². The van der Waals surface area contributed by atoms with Gasteiger partial charge in [0.2, 0.25) is 5.91 Å². The minimum absolute atomic E-state index is 0.0151. The van der Waals surface area contributed by atoms with Crippen molar-refractivity contribution in [1.82, 2.24) is 5.32 Å². The predicted molar refractivity (Wildman–Crippen MR) is 77.8 cm³/mol. The summed E-state index contributed by atoms with van der Waals surface area (Å²) in [5, 5.41) is 12.3. The fourth-order valence-corrected chi connectivity index (χ4v) is 2.45. The number of ether oxygens (including phenoxy) is 1. The molecular formula is C16H23NO3. The van der Waals surface area contributed by atoms with Gasteiger partial charge in [0.05, 0.1) is 25.7 Å². The van der Waals surface area contributed by atoms with Crippen molar-refractivity contribution >= 4 is 5.91 Å². The normalized spacial score (nSPS) is 16.1. The summed E-state index contributed by atoms with van der Waals surface area (Å²) in [6.45, 7) is 4.80. The van der Waals surface area contributed by atoms with Crippen molar-refractivity contribution in [2.75, 3.05) is 13.2 Å². The largest absolute Gasteiger partial charge is 0.493 e. The number of carbonyl (C=O) groups is 1. The van der Waals surface area contributed by atoms with Gasteiger partial charge in [0.15, 0.2) is 0 Å². The summed E-state index contributed by atoms with van der Waals surface area (Å²) in [7, 11) is 0. The Hall–Kier alpha value is -1.55. The van der Waals surface area contributed by atoms with Gasteiger partial charge in [0.25, 0.3) is 0 Å². The van der Waals surface area contributed by atoms with Crippen LogP contribution in [0, 0.1) is 5.92 Å². The van der Waals surface area contributed by atoms with Gasteiger partial charge < -0.3 is 15.2 Å². The molecule has 0 bridgehead atoms. The van der Waals surface area contributed by atoms with Gasteiger partial charge in [-0.3, -0.25) is 4.79 Å². The van der Waals surface area contributed by atoms with Crippen LogP contribution in [0.4, 0.5) is 0 Å². The van der Waals surface area contributed by atoms with Crippen LogP contribution < -0.4 is 10.1 Å². The summed E-state index contributed by atoms with van der Waals surface area (Å²) in [5.41, 5.74) is 2.17. The first-order valence-electron chi connectivity index (χ1n) is 7.28. The molecule has 4 nitrogen and oxygen atoms in total. The molecule has 1 aliphatic rings. The lowest BCUT2D eigenvalue weighted by Crippen LogP contribution is -2.42. The second-order valence-electron chi connectivity index (χ2n) is 5.46. The molecule has 2 atom stereocenters. The highest BCUT2D eigenvalue weighted by molar-refractivity contribution is 5.79. The van der Waals surface area contributed by atoms with Crippen LogP contribution in [-0.4, -0.2) is 30.3 Å². The van der Waals surface area contributed by atoms with Crippen LogP contribution in [0.25, 0.3) is 0 Å². The Morgan fingerprint density at radius 1 is 1.50 bits per heavy atom. The Bertz CT molecular complexity index is 473. The van der Waals surface area contributed by atoms with Crippen molar-refractivity contribution in [2.24, 2.45) is 5.92 Å². The molecule has 0 unspecified atom stereocenters. The number of benzene rings is 1. The molecule has 2 rings (SSSR count). The van der Waals surface area contributed by atoms with E-state index in [0.717, 1.165) is 30.8 Å². The van der Waals surface area contributed by atoms with Gasteiger partial charge in [0.1, 0.15) is 5.75 Å². The molecule has 1 heterocycles. The van der Waals surface area contributed by atoms with Crippen molar-refractivity contribution in [3.8, 4) is 5.75 Å². The molecule has 2 N–H and O–H groups in total. The number of fused-ring (bicyclic) bond motifs is 1. The third kappa shape index (κ3) is 3.51. The Kier molecular flexibility index (Phi) is 5.01. The van der Waals surface area contributed by atoms with E-state index >= 15 is 0 Å². The van der Waals surface area contributed by atoms with Gasteiger partial charge in [0, 0.05) is 6.42 Å². The summed E-state index contributed by atoms with van der Waals surface area (Å²) in [4.78, 5) is 12.0. The predicted octanol–water partition coefficient (Wildman–Crippen LogP) is 1.69. The molecule has 0 saturated carbocycles. The van der Waals surface area contributed by atoms with Gasteiger partial charge in [-0.2, -0.15) is 0 Å². The summed E-state index contributed by atoms with van der Waals surface area (Å²) < 4.78 is 5.45. The standard InChI is InChI=1S/C16H23NO3/c1-3-11(2)14(10-18)17-16(19)9-12-4-5-15-13(8-12)6-7-20-15/h4-5,8,11,14,18H,3,6-7,9-10H2,1-2H3,(H,17,19)/t11-,14-/m1/s1. The van der Waals surface area contributed by atoms with Crippen molar-refractivity contribution in [3.05, 3.63) is 29.3 Å². The molecule has 20 heavy (non-hydrogen) atoms. The fraction of sp³-hybridized carbons (Fsp3) is 0.562. The maximum atomic E-state index is 12.0. The molecule has 0 saturated heterocycles. The molecule has 0 aliphatic carbocycles. The lowest BCUT2D eigenvalue weighted by atomic mass is 9.99. The van der Waals surface area contributed by atoms with Crippen LogP contribution in [0.3, 0.4) is 0 Å². The SMILES string of the molecule is CC[C@@H](C)[C@@H](CO)NC(=O)Cc1ccc2c(c1)CCO2. The van der Waals surface area contributed by atoms with Crippen molar-refractivity contribution in [1.29, 1.82) is 0 Å². The summed E-state index contributed by atoms with van der Waals surface area (Å²) >= 11 is 0. The van der Waals surface area contributed by atoms with Gasteiger partial charge in [-0.25, -0.2) is 0 Å². The summed E-state index contributed by atoms with van der Waals surface area (Å²) in [6, 6.07) is 5.74. The Labute approximate surface area is 120 Å². The van der Waals surface area contributed by atoms with E-state index in [1.165, 1.54) is 5.56 Å². The highest BCUT2D eigenvalue weighted by atomic mass is 16.5. The lowest BCUT2D eigenvalue weighted by molar-refractivity contribution is -0.121. The van der Waals surface area contributed by atoms with Crippen LogP contribution in [0.15, 0.2) is 18.2 Å². The molecule has 1 amide bonds. The average Bonchev–Trinajstić information content (AvgIpc) is 2.91. The summed E-state index contributed by atoms with van der Waals surface area (Å²) in [5.74, 6) is 1.17. The second kappa shape index (κ2) is 6.75. The molecule has 110 valence electrons. The maximum absolute atomic E-state index is 12.0. The first-order chi connectivity index (χ1) is 9.63. The average molecular weight is 277 g/mol. The number of rotatable bonds is 6. The summed E-state index contributed by atoms with van der Waals surface area (Å²) in [6.07, 6.45) is 2.19. The topological polar surface area (TPSA) is 58.6 Å². The first-order valence-corrected chi connectivity index (χ1v) is 7.28. The number of aliphatic hydroxyl groups excluding tert-OH is 1. The highest BCUT2D eigenvalue weighted by Gasteiger charge is 2.18. The van der Waals surface area contributed by atoms with E-state index in [0.29, 0.717) is 6.42 Å². The van der Waals surface area contributed by atoms with Crippen molar-refractivity contribution in [3.63, 3.8) is 0 Å².